The monoisotopic (exact) mass is 274 g/mol. The first-order chi connectivity index (χ1) is 8.08. The average molecular weight is 275 g/mol. The first-order valence-corrected chi connectivity index (χ1v) is 7.03. The van der Waals surface area contributed by atoms with E-state index in [4.69, 9.17) is 17.3 Å². The van der Waals surface area contributed by atoms with Crippen LogP contribution in [-0.2, 0) is 4.79 Å². The molecule has 1 heterocycles. The van der Waals surface area contributed by atoms with Gasteiger partial charge in [0.25, 0.3) is 0 Å². The fourth-order valence-electron chi connectivity index (χ4n) is 1.67. The number of halogens is 1. The van der Waals surface area contributed by atoms with Gasteiger partial charge in [0, 0.05) is 11.4 Å². The highest BCUT2D eigenvalue weighted by atomic mass is 35.5. The van der Waals surface area contributed by atoms with Gasteiger partial charge < -0.3 is 11.1 Å². The predicted molar refractivity (Wildman–Crippen MR) is 73.3 cm³/mol. The smallest absolute Gasteiger partial charge is 0.224 e. The highest BCUT2D eigenvalue weighted by molar-refractivity contribution is 7.16. The number of carbonyl (C=O) groups excluding carboxylic acids is 1. The standard InChI is InChI=1S/C12H19ClN2OS/c1-3-4-9(7-14)12(16)15-8(2)10-5-6-11(13)17-10/h5-6,8-9H,3-4,7,14H2,1-2H3,(H,15,16). The van der Waals surface area contributed by atoms with Gasteiger partial charge in [0.05, 0.1) is 16.3 Å². The van der Waals surface area contributed by atoms with Crippen molar-refractivity contribution in [3.8, 4) is 0 Å². The molecule has 3 N–H and O–H groups in total. The Bertz CT molecular complexity index is 367. The molecular formula is C12H19ClN2OS. The van der Waals surface area contributed by atoms with Crippen molar-refractivity contribution >= 4 is 28.8 Å². The molecular weight excluding hydrogens is 256 g/mol. The predicted octanol–water partition coefficient (Wildman–Crippen LogP) is 2.95. The van der Waals surface area contributed by atoms with Crippen molar-refractivity contribution < 1.29 is 4.79 Å². The second kappa shape index (κ2) is 6.99. The van der Waals surface area contributed by atoms with E-state index in [1.54, 1.807) is 0 Å². The zero-order valence-corrected chi connectivity index (χ0v) is 11.8. The molecule has 0 fully saturated rings. The summed E-state index contributed by atoms with van der Waals surface area (Å²) in [4.78, 5) is 13.0. The second-order valence-corrected chi connectivity index (χ2v) is 5.84. The normalized spacial score (nSPS) is 14.4. The van der Waals surface area contributed by atoms with Gasteiger partial charge in [-0.3, -0.25) is 4.79 Å². The van der Waals surface area contributed by atoms with Crippen LogP contribution in [0.3, 0.4) is 0 Å². The summed E-state index contributed by atoms with van der Waals surface area (Å²) in [7, 11) is 0. The molecule has 0 saturated carbocycles. The molecule has 0 saturated heterocycles. The topological polar surface area (TPSA) is 55.1 Å². The molecule has 0 spiro atoms. The fourth-order valence-corrected chi connectivity index (χ4v) is 2.73. The van der Waals surface area contributed by atoms with Crippen LogP contribution in [0.15, 0.2) is 12.1 Å². The lowest BCUT2D eigenvalue weighted by atomic mass is 10.0. The van der Waals surface area contributed by atoms with Crippen LogP contribution in [0, 0.1) is 5.92 Å². The van der Waals surface area contributed by atoms with Gasteiger partial charge in [-0.1, -0.05) is 24.9 Å². The Morgan fingerprint density at radius 2 is 2.29 bits per heavy atom. The van der Waals surface area contributed by atoms with E-state index in [1.165, 1.54) is 11.3 Å². The van der Waals surface area contributed by atoms with Crippen molar-refractivity contribution in [1.82, 2.24) is 5.32 Å². The van der Waals surface area contributed by atoms with E-state index in [-0.39, 0.29) is 17.9 Å². The number of hydrogen-bond donors (Lipinski definition) is 2. The molecule has 0 aliphatic heterocycles. The molecule has 0 aliphatic carbocycles. The number of amides is 1. The number of nitrogens with one attached hydrogen (secondary N) is 1. The summed E-state index contributed by atoms with van der Waals surface area (Å²) in [6.07, 6.45) is 1.80. The van der Waals surface area contributed by atoms with Crippen LogP contribution in [0.2, 0.25) is 4.34 Å². The number of thiophene rings is 1. The number of carbonyl (C=O) groups is 1. The van der Waals surface area contributed by atoms with Gasteiger partial charge in [-0.2, -0.15) is 0 Å². The van der Waals surface area contributed by atoms with Crippen molar-refractivity contribution in [2.75, 3.05) is 6.54 Å². The first kappa shape index (κ1) is 14.5. The van der Waals surface area contributed by atoms with Gasteiger partial charge in [-0.25, -0.2) is 0 Å². The largest absolute Gasteiger partial charge is 0.348 e. The van der Waals surface area contributed by atoms with E-state index in [2.05, 4.69) is 12.2 Å². The lowest BCUT2D eigenvalue weighted by Gasteiger charge is -2.17. The Kier molecular flexibility index (Phi) is 5.95. The number of nitrogens with two attached hydrogens (primary N) is 1. The summed E-state index contributed by atoms with van der Waals surface area (Å²) in [6.45, 7) is 4.41. The van der Waals surface area contributed by atoms with Crippen LogP contribution in [0.4, 0.5) is 0 Å². The van der Waals surface area contributed by atoms with Gasteiger partial charge in [0.1, 0.15) is 0 Å². The zero-order chi connectivity index (χ0) is 12.8. The van der Waals surface area contributed by atoms with Gasteiger partial charge in [0.15, 0.2) is 0 Å². The molecule has 0 bridgehead atoms. The molecule has 0 radical (unpaired) electrons. The Labute approximate surface area is 111 Å². The minimum absolute atomic E-state index is 0.00842. The van der Waals surface area contributed by atoms with Gasteiger partial charge in [0.2, 0.25) is 5.91 Å². The van der Waals surface area contributed by atoms with Crippen LogP contribution in [0.5, 0.6) is 0 Å². The molecule has 1 amide bonds. The van der Waals surface area contributed by atoms with E-state index < -0.39 is 0 Å². The van der Waals surface area contributed by atoms with Gasteiger partial charge in [-0.05, 0) is 25.5 Å². The van der Waals surface area contributed by atoms with E-state index >= 15 is 0 Å². The lowest BCUT2D eigenvalue weighted by molar-refractivity contribution is -0.125. The fraction of sp³-hybridized carbons (Fsp3) is 0.583. The highest BCUT2D eigenvalue weighted by Crippen LogP contribution is 2.26. The van der Waals surface area contributed by atoms with E-state index in [0.717, 1.165) is 22.1 Å². The Balaban J connectivity index is 2.55. The van der Waals surface area contributed by atoms with Crippen molar-refractivity contribution in [2.24, 2.45) is 11.7 Å². The molecule has 96 valence electrons. The molecule has 0 aromatic carbocycles. The summed E-state index contributed by atoms with van der Waals surface area (Å²) in [5.74, 6) is -0.0516. The van der Waals surface area contributed by atoms with Crippen molar-refractivity contribution in [2.45, 2.75) is 32.7 Å². The van der Waals surface area contributed by atoms with Crippen LogP contribution < -0.4 is 11.1 Å². The Hall–Kier alpha value is -0.580. The molecule has 0 aliphatic rings. The Morgan fingerprint density at radius 1 is 1.59 bits per heavy atom. The first-order valence-electron chi connectivity index (χ1n) is 5.84. The summed E-state index contributed by atoms with van der Waals surface area (Å²) in [5, 5.41) is 2.98. The summed E-state index contributed by atoms with van der Waals surface area (Å²) < 4.78 is 0.741. The van der Waals surface area contributed by atoms with Crippen LogP contribution in [0.25, 0.3) is 0 Å². The summed E-state index contributed by atoms with van der Waals surface area (Å²) >= 11 is 7.36. The number of hydrogen-bond acceptors (Lipinski definition) is 3. The maximum atomic E-state index is 11.9. The van der Waals surface area contributed by atoms with Crippen molar-refractivity contribution in [1.29, 1.82) is 0 Å². The van der Waals surface area contributed by atoms with Crippen LogP contribution in [0.1, 0.15) is 37.6 Å². The molecule has 2 atom stereocenters. The number of rotatable bonds is 6. The Morgan fingerprint density at radius 3 is 2.76 bits per heavy atom. The summed E-state index contributed by atoms with van der Waals surface area (Å²) in [5.41, 5.74) is 5.60. The lowest BCUT2D eigenvalue weighted by Crippen LogP contribution is -2.36. The minimum Gasteiger partial charge on any atom is -0.348 e. The van der Waals surface area contributed by atoms with Gasteiger partial charge in [-0.15, -0.1) is 11.3 Å². The van der Waals surface area contributed by atoms with E-state index in [1.807, 2.05) is 19.1 Å². The van der Waals surface area contributed by atoms with Crippen LogP contribution >= 0.6 is 22.9 Å². The van der Waals surface area contributed by atoms with Crippen LogP contribution in [-0.4, -0.2) is 12.5 Å². The van der Waals surface area contributed by atoms with Crippen molar-refractivity contribution in [3.05, 3.63) is 21.3 Å². The quantitative estimate of drug-likeness (QED) is 0.838. The van der Waals surface area contributed by atoms with Crippen molar-refractivity contribution in [3.63, 3.8) is 0 Å². The average Bonchev–Trinajstić information content (AvgIpc) is 2.72. The maximum absolute atomic E-state index is 11.9. The molecule has 1 aromatic heterocycles. The van der Waals surface area contributed by atoms with E-state index in [0.29, 0.717) is 6.54 Å². The zero-order valence-electron chi connectivity index (χ0n) is 10.2. The molecule has 17 heavy (non-hydrogen) atoms. The van der Waals surface area contributed by atoms with Gasteiger partial charge >= 0.3 is 0 Å². The molecule has 1 rings (SSSR count). The molecule has 2 unspecified atom stereocenters. The SMILES string of the molecule is CCCC(CN)C(=O)NC(C)c1ccc(Cl)s1. The molecule has 1 aromatic rings. The third kappa shape index (κ3) is 4.30. The third-order valence-corrected chi connectivity index (χ3v) is 4.09. The third-order valence-electron chi connectivity index (χ3n) is 2.67. The minimum atomic E-state index is -0.0853. The van der Waals surface area contributed by atoms with E-state index in [9.17, 15) is 4.79 Å². The highest BCUT2D eigenvalue weighted by Gasteiger charge is 2.18. The summed E-state index contributed by atoms with van der Waals surface area (Å²) in [6, 6.07) is 3.78. The molecule has 3 nitrogen and oxygen atoms in total. The molecule has 5 heteroatoms. The second-order valence-electron chi connectivity index (χ2n) is 4.09. The maximum Gasteiger partial charge on any atom is 0.224 e.